The number of nitrogens with zero attached hydrogens (tertiary/aromatic N) is 3. The normalized spacial score (nSPS) is 21.3. The van der Waals surface area contributed by atoms with E-state index < -0.39 is 0 Å². The lowest BCUT2D eigenvalue weighted by Gasteiger charge is -2.40. The highest BCUT2D eigenvalue weighted by Gasteiger charge is 2.32. The van der Waals surface area contributed by atoms with E-state index in [0.717, 1.165) is 31.4 Å². The summed E-state index contributed by atoms with van der Waals surface area (Å²) in [5.41, 5.74) is 7.16. The van der Waals surface area contributed by atoms with Crippen LogP contribution in [0.25, 0.3) is 0 Å². The standard InChI is InChI=1S/C22H37N5O2/c1-6-9-17(8-3)26-19-10-11-27(14-20(19)29-5)21-18(22(28)25-15(4)23)12-16(7-2)13-24-21/h12-13,17,19-20,26H,6-11,14H2,1-5H3,(H2,23,25,28). The van der Waals surface area contributed by atoms with Crippen LogP contribution in [0.3, 0.4) is 0 Å². The first-order chi connectivity index (χ1) is 13.9. The number of aromatic nitrogens is 1. The maximum absolute atomic E-state index is 12.7. The molecule has 0 spiro atoms. The Bertz CT molecular complexity index is 702. The van der Waals surface area contributed by atoms with E-state index in [9.17, 15) is 4.79 Å². The molecule has 7 heteroatoms. The summed E-state index contributed by atoms with van der Waals surface area (Å²) in [4.78, 5) is 23.4. The van der Waals surface area contributed by atoms with E-state index in [-0.39, 0.29) is 17.8 Å². The van der Waals surface area contributed by atoms with Crippen molar-refractivity contribution in [3.8, 4) is 0 Å². The number of anilines is 1. The molecule has 1 aromatic heterocycles. The molecule has 0 radical (unpaired) electrons. The Balaban J connectivity index is 2.23. The number of ether oxygens (including phenoxy) is 1. The third-order valence-electron chi connectivity index (χ3n) is 5.58. The van der Waals surface area contributed by atoms with E-state index in [1.807, 2.05) is 19.2 Å². The molecular weight excluding hydrogens is 366 g/mol. The Morgan fingerprint density at radius 3 is 2.79 bits per heavy atom. The van der Waals surface area contributed by atoms with Gasteiger partial charge in [0.1, 0.15) is 11.7 Å². The van der Waals surface area contributed by atoms with Crippen LogP contribution in [-0.4, -0.2) is 55.1 Å². The number of hydrogen-bond acceptors (Lipinski definition) is 5. The lowest BCUT2D eigenvalue weighted by molar-refractivity contribution is 0.0547. The zero-order valence-corrected chi connectivity index (χ0v) is 18.6. The van der Waals surface area contributed by atoms with Crippen molar-refractivity contribution in [2.75, 3.05) is 25.1 Å². The summed E-state index contributed by atoms with van der Waals surface area (Å²) in [5.74, 6) is 0.575. The molecule has 0 aromatic carbocycles. The molecule has 2 rings (SSSR count). The van der Waals surface area contributed by atoms with Gasteiger partial charge in [0.25, 0.3) is 5.91 Å². The minimum atomic E-state index is -0.342. The third kappa shape index (κ3) is 6.24. The molecule has 0 aliphatic carbocycles. The molecule has 162 valence electrons. The van der Waals surface area contributed by atoms with Gasteiger partial charge in [0.15, 0.2) is 0 Å². The van der Waals surface area contributed by atoms with Gasteiger partial charge in [-0.25, -0.2) is 4.98 Å². The molecule has 1 aromatic rings. The van der Waals surface area contributed by atoms with Crippen molar-refractivity contribution in [1.29, 1.82) is 0 Å². The van der Waals surface area contributed by atoms with Crippen LogP contribution in [-0.2, 0) is 11.2 Å². The third-order valence-corrected chi connectivity index (χ3v) is 5.58. The van der Waals surface area contributed by atoms with Gasteiger partial charge in [-0.2, -0.15) is 4.99 Å². The second-order valence-electron chi connectivity index (χ2n) is 7.80. The Kier molecular flexibility index (Phi) is 9.04. The van der Waals surface area contributed by atoms with E-state index in [4.69, 9.17) is 10.5 Å². The smallest absolute Gasteiger partial charge is 0.282 e. The van der Waals surface area contributed by atoms with Crippen molar-refractivity contribution < 1.29 is 9.53 Å². The molecule has 2 heterocycles. The Hall–Kier alpha value is -1.99. The second-order valence-corrected chi connectivity index (χ2v) is 7.80. The van der Waals surface area contributed by atoms with E-state index in [0.29, 0.717) is 30.0 Å². The number of aryl methyl sites for hydroxylation is 1. The largest absolute Gasteiger partial charge is 0.387 e. The molecule has 1 amide bonds. The number of methoxy groups -OCH3 is 1. The molecule has 1 fully saturated rings. The van der Waals surface area contributed by atoms with Crippen molar-refractivity contribution in [3.05, 3.63) is 23.4 Å². The molecule has 0 bridgehead atoms. The Labute approximate surface area is 175 Å². The highest BCUT2D eigenvalue weighted by molar-refractivity contribution is 6.05. The number of aliphatic imine (C=N–C) groups is 1. The minimum absolute atomic E-state index is 0.0324. The minimum Gasteiger partial charge on any atom is -0.387 e. The first-order valence-electron chi connectivity index (χ1n) is 10.8. The van der Waals surface area contributed by atoms with Crippen LogP contribution in [0, 0.1) is 0 Å². The first-order valence-corrected chi connectivity index (χ1v) is 10.8. The number of hydrogen-bond donors (Lipinski definition) is 2. The number of rotatable bonds is 9. The Morgan fingerprint density at radius 1 is 1.45 bits per heavy atom. The topological polar surface area (TPSA) is 92.8 Å². The molecule has 1 aliphatic rings. The summed E-state index contributed by atoms with van der Waals surface area (Å²) in [7, 11) is 1.76. The predicted octanol–water partition coefficient (Wildman–Crippen LogP) is 2.92. The van der Waals surface area contributed by atoms with Gasteiger partial charge in [-0.3, -0.25) is 4.79 Å². The van der Waals surface area contributed by atoms with Crippen molar-refractivity contribution >= 4 is 17.6 Å². The van der Waals surface area contributed by atoms with Gasteiger partial charge in [0.2, 0.25) is 0 Å². The van der Waals surface area contributed by atoms with Crippen molar-refractivity contribution in [1.82, 2.24) is 10.3 Å². The second kappa shape index (κ2) is 11.3. The molecule has 1 saturated heterocycles. The number of piperidine rings is 1. The quantitative estimate of drug-likeness (QED) is 0.486. The molecular formula is C22H37N5O2. The van der Waals surface area contributed by atoms with Crippen LogP contribution in [0.1, 0.15) is 69.3 Å². The number of nitrogens with one attached hydrogen (secondary N) is 1. The van der Waals surface area contributed by atoms with Gasteiger partial charge >= 0.3 is 0 Å². The van der Waals surface area contributed by atoms with E-state index in [1.54, 1.807) is 14.0 Å². The highest BCUT2D eigenvalue weighted by atomic mass is 16.5. The summed E-state index contributed by atoms with van der Waals surface area (Å²) in [5, 5.41) is 3.78. The van der Waals surface area contributed by atoms with Crippen LogP contribution in [0.2, 0.25) is 0 Å². The summed E-state index contributed by atoms with van der Waals surface area (Å²) in [6.45, 7) is 9.59. The zero-order chi connectivity index (χ0) is 21.4. The maximum atomic E-state index is 12.7. The predicted molar refractivity (Wildman–Crippen MR) is 119 cm³/mol. The lowest BCUT2D eigenvalue weighted by Crippen LogP contribution is -2.56. The summed E-state index contributed by atoms with van der Waals surface area (Å²) < 4.78 is 5.82. The maximum Gasteiger partial charge on any atom is 0.282 e. The van der Waals surface area contributed by atoms with Gasteiger partial charge < -0.3 is 20.7 Å². The van der Waals surface area contributed by atoms with Gasteiger partial charge in [0.05, 0.1) is 11.7 Å². The number of nitrogens with two attached hydrogens (primary N) is 1. The molecule has 0 saturated carbocycles. The average molecular weight is 404 g/mol. The molecule has 3 atom stereocenters. The molecule has 3 N–H and O–H groups in total. The van der Waals surface area contributed by atoms with Crippen molar-refractivity contribution in [2.24, 2.45) is 10.7 Å². The number of pyridine rings is 1. The molecule has 1 aliphatic heterocycles. The summed E-state index contributed by atoms with van der Waals surface area (Å²) >= 11 is 0. The fraction of sp³-hybridized carbons (Fsp3) is 0.682. The fourth-order valence-electron chi connectivity index (χ4n) is 3.92. The Morgan fingerprint density at radius 2 is 2.21 bits per heavy atom. The van der Waals surface area contributed by atoms with Gasteiger partial charge in [-0.05, 0) is 44.2 Å². The van der Waals surface area contributed by atoms with Gasteiger partial charge in [0, 0.05) is 38.5 Å². The number of amides is 1. The van der Waals surface area contributed by atoms with Crippen molar-refractivity contribution in [2.45, 2.75) is 78.0 Å². The van der Waals surface area contributed by atoms with Gasteiger partial charge in [-0.15, -0.1) is 0 Å². The van der Waals surface area contributed by atoms with E-state index >= 15 is 0 Å². The van der Waals surface area contributed by atoms with Crippen LogP contribution in [0.15, 0.2) is 17.3 Å². The van der Waals surface area contributed by atoms with Crippen LogP contribution in [0.4, 0.5) is 5.82 Å². The van der Waals surface area contributed by atoms with E-state index in [1.165, 1.54) is 12.8 Å². The van der Waals surface area contributed by atoms with Crippen LogP contribution in [0.5, 0.6) is 0 Å². The fourth-order valence-corrected chi connectivity index (χ4v) is 3.92. The van der Waals surface area contributed by atoms with Crippen LogP contribution < -0.4 is 16.0 Å². The van der Waals surface area contributed by atoms with Gasteiger partial charge in [-0.1, -0.05) is 27.2 Å². The monoisotopic (exact) mass is 403 g/mol. The summed E-state index contributed by atoms with van der Waals surface area (Å²) in [6, 6.07) is 2.69. The van der Waals surface area contributed by atoms with E-state index in [2.05, 4.69) is 34.0 Å². The first kappa shape index (κ1) is 23.3. The van der Waals surface area contributed by atoms with Crippen molar-refractivity contribution in [3.63, 3.8) is 0 Å². The number of carbonyl (C=O) groups excluding carboxylic acids is 1. The summed E-state index contributed by atoms with van der Waals surface area (Å²) in [6.07, 6.45) is 7.06. The molecule has 7 nitrogen and oxygen atoms in total. The zero-order valence-electron chi connectivity index (χ0n) is 18.6. The molecule has 3 unspecified atom stereocenters. The molecule has 29 heavy (non-hydrogen) atoms. The number of amidine groups is 1. The lowest BCUT2D eigenvalue weighted by atomic mass is 9.98. The highest BCUT2D eigenvalue weighted by Crippen LogP contribution is 2.25. The number of carbonyl (C=O) groups is 1. The SMILES string of the molecule is CCCC(CC)NC1CCN(c2ncc(CC)cc2C(=O)N=C(C)N)CC1OC. The van der Waals surface area contributed by atoms with Crippen LogP contribution >= 0.6 is 0 Å². The average Bonchev–Trinajstić information content (AvgIpc) is 2.72.